The molecule has 0 unspecified atom stereocenters. The molecule has 0 fully saturated rings. The normalized spacial score (nSPS) is 11.1. The molecule has 23 heavy (non-hydrogen) atoms. The Balaban J connectivity index is 2.19. The lowest BCUT2D eigenvalue weighted by molar-refractivity contribution is -0.384. The number of nitro groups is 1. The smallest absolute Gasteiger partial charge is 0.367 e. The zero-order valence-corrected chi connectivity index (χ0v) is 12.9. The molecule has 2 rings (SSSR count). The minimum Gasteiger partial charge on any atom is -0.380 e. The molecule has 0 aliphatic rings. The van der Waals surface area contributed by atoms with Crippen molar-refractivity contribution in [3.63, 3.8) is 0 Å². The minimum atomic E-state index is -0.962. The maximum absolute atomic E-state index is 11.9. The molecule has 9 heteroatoms. The molecule has 118 valence electrons. The van der Waals surface area contributed by atoms with Crippen molar-refractivity contribution in [2.75, 3.05) is 0 Å². The van der Waals surface area contributed by atoms with Crippen LogP contribution in [0.15, 0.2) is 47.6 Å². The van der Waals surface area contributed by atoms with Gasteiger partial charge in [-0.2, -0.15) is 0 Å². The van der Waals surface area contributed by atoms with Crippen molar-refractivity contribution in [2.24, 2.45) is 10.9 Å². The first-order valence-corrected chi connectivity index (χ1v) is 6.89. The number of rotatable bonds is 4. The Kier molecular flexibility index (Phi) is 5.15. The molecular formula is C14H9Cl2N3O4. The van der Waals surface area contributed by atoms with Gasteiger partial charge in [0.25, 0.3) is 5.69 Å². The standard InChI is InChI=1S/C14H9Cl2N3O4/c15-9-3-1-8(2-4-9)13(17)18-23-14(20)11-7-10(19(21)22)5-6-12(11)16/h1-7H,(H2,17,18). The van der Waals surface area contributed by atoms with Gasteiger partial charge < -0.3 is 10.6 Å². The lowest BCUT2D eigenvalue weighted by Gasteiger charge is -2.03. The number of carbonyl (C=O) groups is 1. The van der Waals surface area contributed by atoms with Gasteiger partial charge in [0.15, 0.2) is 5.84 Å². The molecule has 0 amide bonds. The van der Waals surface area contributed by atoms with E-state index in [1.165, 1.54) is 12.1 Å². The molecule has 7 nitrogen and oxygen atoms in total. The van der Waals surface area contributed by atoms with Crippen LogP contribution >= 0.6 is 23.2 Å². The molecule has 0 saturated heterocycles. The van der Waals surface area contributed by atoms with E-state index in [2.05, 4.69) is 9.99 Å². The highest BCUT2D eigenvalue weighted by Gasteiger charge is 2.17. The second-order valence-corrected chi connectivity index (χ2v) is 5.13. The number of oxime groups is 1. The third-order valence-corrected chi connectivity index (χ3v) is 3.33. The first-order valence-electron chi connectivity index (χ1n) is 6.13. The second-order valence-electron chi connectivity index (χ2n) is 4.28. The van der Waals surface area contributed by atoms with Gasteiger partial charge in [0.2, 0.25) is 0 Å². The van der Waals surface area contributed by atoms with Gasteiger partial charge in [0.05, 0.1) is 15.5 Å². The number of benzene rings is 2. The van der Waals surface area contributed by atoms with Crippen LogP contribution in [0.3, 0.4) is 0 Å². The Labute approximate surface area is 140 Å². The monoisotopic (exact) mass is 353 g/mol. The van der Waals surface area contributed by atoms with E-state index in [4.69, 9.17) is 28.9 Å². The Morgan fingerprint density at radius 3 is 2.43 bits per heavy atom. The van der Waals surface area contributed by atoms with E-state index in [0.717, 1.165) is 6.07 Å². The van der Waals surface area contributed by atoms with Crippen LogP contribution in [0.5, 0.6) is 0 Å². The Morgan fingerprint density at radius 1 is 1.17 bits per heavy atom. The van der Waals surface area contributed by atoms with Crippen LogP contribution in [0.25, 0.3) is 0 Å². The highest BCUT2D eigenvalue weighted by molar-refractivity contribution is 6.33. The summed E-state index contributed by atoms with van der Waals surface area (Å²) in [5.74, 6) is -1.02. The quantitative estimate of drug-likeness (QED) is 0.298. The molecule has 0 aliphatic heterocycles. The van der Waals surface area contributed by atoms with Crippen LogP contribution in [0.4, 0.5) is 5.69 Å². The number of nitro benzene ring substituents is 1. The molecule has 0 bridgehead atoms. The van der Waals surface area contributed by atoms with Gasteiger partial charge in [0, 0.05) is 22.7 Å². The summed E-state index contributed by atoms with van der Waals surface area (Å²) in [7, 11) is 0. The molecule has 0 spiro atoms. The summed E-state index contributed by atoms with van der Waals surface area (Å²) in [4.78, 5) is 26.7. The third-order valence-electron chi connectivity index (χ3n) is 2.75. The van der Waals surface area contributed by atoms with E-state index in [-0.39, 0.29) is 22.1 Å². The molecule has 0 saturated carbocycles. The zero-order valence-electron chi connectivity index (χ0n) is 11.4. The third kappa shape index (κ3) is 4.18. The van der Waals surface area contributed by atoms with E-state index >= 15 is 0 Å². The summed E-state index contributed by atoms with van der Waals surface area (Å²) < 4.78 is 0. The molecule has 0 aliphatic carbocycles. The van der Waals surface area contributed by atoms with Crippen molar-refractivity contribution < 1.29 is 14.6 Å². The molecule has 0 radical (unpaired) electrons. The molecule has 2 aromatic carbocycles. The van der Waals surface area contributed by atoms with Crippen LogP contribution in [0.1, 0.15) is 15.9 Å². The van der Waals surface area contributed by atoms with Crippen LogP contribution in [0, 0.1) is 10.1 Å². The fourth-order valence-corrected chi connectivity index (χ4v) is 1.92. The van der Waals surface area contributed by atoms with Crippen LogP contribution in [-0.2, 0) is 4.84 Å². The van der Waals surface area contributed by atoms with Crippen LogP contribution in [-0.4, -0.2) is 16.7 Å². The zero-order chi connectivity index (χ0) is 17.0. The summed E-state index contributed by atoms with van der Waals surface area (Å²) in [6, 6.07) is 9.77. The Bertz CT molecular complexity index is 791. The average Bonchev–Trinajstić information content (AvgIpc) is 2.53. The molecule has 0 aromatic heterocycles. The predicted molar refractivity (Wildman–Crippen MR) is 85.7 cm³/mol. The van der Waals surface area contributed by atoms with Crippen molar-refractivity contribution in [2.45, 2.75) is 0 Å². The van der Waals surface area contributed by atoms with E-state index < -0.39 is 10.9 Å². The maximum Gasteiger partial charge on any atom is 0.367 e. The average molecular weight is 354 g/mol. The van der Waals surface area contributed by atoms with Crippen LogP contribution in [0.2, 0.25) is 10.0 Å². The number of halogens is 2. The summed E-state index contributed by atoms with van der Waals surface area (Å²) in [6.07, 6.45) is 0. The maximum atomic E-state index is 11.9. The van der Waals surface area contributed by atoms with Gasteiger partial charge in [-0.25, -0.2) is 4.79 Å². The van der Waals surface area contributed by atoms with E-state index in [1.54, 1.807) is 24.3 Å². The lowest BCUT2D eigenvalue weighted by atomic mass is 10.2. The first-order chi connectivity index (χ1) is 10.9. The molecule has 2 N–H and O–H groups in total. The number of amidine groups is 1. The van der Waals surface area contributed by atoms with Gasteiger partial charge in [-0.05, 0) is 30.3 Å². The molecular weight excluding hydrogens is 345 g/mol. The predicted octanol–water partition coefficient (Wildman–Crippen LogP) is 3.38. The fraction of sp³-hybridized carbons (Fsp3) is 0. The van der Waals surface area contributed by atoms with Gasteiger partial charge in [-0.1, -0.05) is 28.4 Å². The summed E-state index contributed by atoms with van der Waals surface area (Å²) in [5, 5.41) is 14.7. The Hall–Kier alpha value is -2.64. The largest absolute Gasteiger partial charge is 0.380 e. The molecule has 2 aromatic rings. The number of hydrogen-bond donors (Lipinski definition) is 1. The SMILES string of the molecule is N/C(=N\OC(=O)c1cc([N+](=O)[O-])ccc1Cl)c1ccc(Cl)cc1. The number of non-ortho nitro benzene ring substituents is 1. The number of nitrogens with zero attached hydrogens (tertiary/aromatic N) is 2. The van der Waals surface area contributed by atoms with E-state index in [1.807, 2.05) is 0 Å². The van der Waals surface area contributed by atoms with Gasteiger partial charge >= 0.3 is 5.97 Å². The van der Waals surface area contributed by atoms with Crippen molar-refractivity contribution in [3.8, 4) is 0 Å². The fourth-order valence-electron chi connectivity index (χ4n) is 1.60. The van der Waals surface area contributed by atoms with E-state index in [9.17, 15) is 14.9 Å². The minimum absolute atomic E-state index is 0.000800. The number of nitrogens with two attached hydrogens (primary N) is 1. The highest BCUT2D eigenvalue weighted by Crippen LogP contribution is 2.22. The summed E-state index contributed by atoms with van der Waals surface area (Å²) in [5.41, 5.74) is 5.69. The van der Waals surface area contributed by atoms with E-state index in [0.29, 0.717) is 10.6 Å². The van der Waals surface area contributed by atoms with Crippen molar-refractivity contribution in [1.29, 1.82) is 0 Å². The van der Waals surface area contributed by atoms with Gasteiger partial charge in [-0.3, -0.25) is 10.1 Å². The second kappa shape index (κ2) is 7.08. The van der Waals surface area contributed by atoms with Crippen molar-refractivity contribution in [3.05, 3.63) is 73.8 Å². The number of carbonyl (C=O) groups excluding carboxylic acids is 1. The molecule has 0 atom stereocenters. The summed E-state index contributed by atoms with van der Waals surface area (Å²) in [6.45, 7) is 0. The Morgan fingerprint density at radius 2 is 1.83 bits per heavy atom. The molecule has 0 heterocycles. The van der Waals surface area contributed by atoms with Crippen molar-refractivity contribution in [1.82, 2.24) is 0 Å². The van der Waals surface area contributed by atoms with Gasteiger partial charge in [-0.15, -0.1) is 0 Å². The highest BCUT2D eigenvalue weighted by atomic mass is 35.5. The topological polar surface area (TPSA) is 108 Å². The van der Waals surface area contributed by atoms with Crippen molar-refractivity contribution >= 4 is 40.7 Å². The van der Waals surface area contributed by atoms with Crippen LogP contribution < -0.4 is 5.73 Å². The van der Waals surface area contributed by atoms with Gasteiger partial charge in [0.1, 0.15) is 0 Å². The first kappa shape index (κ1) is 16.7. The lowest BCUT2D eigenvalue weighted by Crippen LogP contribution is -2.15. The number of hydrogen-bond acceptors (Lipinski definition) is 5. The summed E-state index contributed by atoms with van der Waals surface area (Å²) >= 11 is 11.6.